The SMILES string of the molecule is COc1cc(-n2ccc(NC(=O)N[C@H]3CCOc4c(Cl)cccc43)n2)ccn1. The number of hydrogen-bond donors (Lipinski definition) is 2. The Balaban J connectivity index is 1.44. The van der Waals surface area contributed by atoms with Crippen molar-refractivity contribution in [1.29, 1.82) is 0 Å². The second kappa shape index (κ2) is 7.77. The lowest BCUT2D eigenvalue weighted by Gasteiger charge is -2.27. The highest BCUT2D eigenvalue weighted by Gasteiger charge is 2.24. The minimum atomic E-state index is -0.351. The number of pyridine rings is 1. The largest absolute Gasteiger partial charge is 0.492 e. The molecule has 3 heterocycles. The third-order valence-electron chi connectivity index (χ3n) is 4.35. The van der Waals surface area contributed by atoms with Gasteiger partial charge in [0.25, 0.3) is 0 Å². The molecule has 1 aromatic carbocycles. The van der Waals surface area contributed by atoms with E-state index >= 15 is 0 Å². The summed E-state index contributed by atoms with van der Waals surface area (Å²) in [6, 6.07) is 10.2. The zero-order valence-electron chi connectivity index (χ0n) is 15.1. The minimum absolute atomic E-state index is 0.186. The minimum Gasteiger partial charge on any atom is -0.492 e. The van der Waals surface area contributed by atoms with Crippen molar-refractivity contribution >= 4 is 23.4 Å². The van der Waals surface area contributed by atoms with E-state index in [1.807, 2.05) is 12.1 Å². The van der Waals surface area contributed by atoms with Gasteiger partial charge in [0.05, 0.1) is 30.5 Å². The van der Waals surface area contributed by atoms with Crippen LogP contribution in [0.4, 0.5) is 10.6 Å². The van der Waals surface area contributed by atoms with Crippen LogP contribution >= 0.6 is 11.6 Å². The molecule has 0 unspecified atom stereocenters. The fourth-order valence-electron chi connectivity index (χ4n) is 3.03. The Morgan fingerprint density at radius 2 is 2.25 bits per heavy atom. The lowest BCUT2D eigenvalue weighted by atomic mass is 10.0. The van der Waals surface area contributed by atoms with Crippen LogP contribution in [0.1, 0.15) is 18.0 Å². The molecule has 0 bridgehead atoms. The van der Waals surface area contributed by atoms with Crippen molar-refractivity contribution in [3.05, 3.63) is 59.4 Å². The Labute approximate surface area is 166 Å². The number of aromatic nitrogens is 3. The lowest BCUT2D eigenvalue weighted by molar-refractivity contribution is 0.232. The summed E-state index contributed by atoms with van der Waals surface area (Å²) < 4.78 is 12.4. The highest BCUT2D eigenvalue weighted by Crippen LogP contribution is 2.37. The average Bonchev–Trinajstić information content (AvgIpc) is 3.17. The molecule has 0 aliphatic carbocycles. The van der Waals surface area contributed by atoms with Crippen LogP contribution in [0.5, 0.6) is 11.6 Å². The Morgan fingerprint density at radius 1 is 1.36 bits per heavy atom. The predicted molar refractivity (Wildman–Crippen MR) is 104 cm³/mol. The number of carbonyl (C=O) groups is 1. The number of carbonyl (C=O) groups excluding carboxylic acids is 1. The van der Waals surface area contributed by atoms with Gasteiger partial charge in [0.2, 0.25) is 5.88 Å². The van der Waals surface area contributed by atoms with Crippen molar-refractivity contribution in [2.45, 2.75) is 12.5 Å². The molecule has 3 aromatic rings. The van der Waals surface area contributed by atoms with Crippen LogP contribution in [0.15, 0.2) is 48.8 Å². The number of para-hydroxylation sites is 1. The number of nitrogens with zero attached hydrogens (tertiary/aromatic N) is 3. The molecule has 2 N–H and O–H groups in total. The van der Waals surface area contributed by atoms with Gasteiger partial charge in [0.1, 0.15) is 5.75 Å². The van der Waals surface area contributed by atoms with Gasteiger partial charge in [-0.25, -0.2) is 14.5 Å². The van der Waals surface area contributed by atoms with Gasteiger partial charge in [-0.05, 0) is 12.1 Å². The van der Waals surface area contributed by atoms with Crippen LogP contribution in [0.3, 0.4) is 0 Å². The number of ether oxygens (including phenoxy) is 2. The van der Waals surface area contributed by atoms with Gasteiger partial charge in [0.15, 0.2) is 5.82 Å². The maximum atomic E-state index is 12.4. The molecule has 0 saturated heterocycles. The van der Waals surface area contributed by atoms with Crippen LogP contribution in [-0.2, 0) is 0 Å². The number of urea groups is 1. The number of halogens is 1. The Kier molecular flexibility index (Phi) is 5.03. The average molecular weight is 400 g/mol. The molecule has 0 radical (unpaired) electrons. The quantitative estimate of drug-likeness (QED) is 0.699. The van der Waals surface area contributed by atoms with Gasteiger partial charge in [0, 0.05) is 36.5 Å². The van der Waals surface area contributed by atoms with Gasteiger partial charge in [-0.15, -0.1) is 5.10 Å². The van der Waals surface area contributed by atoms with Crippen LogP contribution in [-0.4, -0.2) is 34.5 Å². The number of amides is 2. The summed E-state index contributed by atoms with van der Waals surface area (Å²) in [4.78, 5) is 16.5. The third-order valence-corrected chi connectivity index (χ3v) is 4.65. The van der Waals surface area contributed by atoms with E-state index < -0.39 is 0 Å². The number of fused-ring (bicyclic) bond motifs is 1. The summed E-state index contributed by atoms with van der Waals surface area (Å²) >= 11 is 6.18. The number of rotatable bonds is 4. The first kappa shape index (κ1) is 18.1. The molecule has 144 valence electrons. The van der Waals surface area contributed by atoms with Gasteiger partial charge < -0.3 is 14.8 Å². The fourth-order valence-corrected chi connectivity index (χ4v) is 3.27. The zero-order valence-corrected chi connectivity index (χ0v) is 15.8. The smallest absolute Gasteiger partial charge is 0.320 e. The number of methoxy groups -OCH3 is 1. The van der Waals surface area contributed by atoms with Crippen molar-refractivity contribution < 1.29 is 14.3 Å². The Morgan fingerprint density at radius 3 is 3.11 bits per heavy atom. The van der Waals surface area contributed by atoms with E-state index in [1.54, 1.807) is 48.5 Å². The topological polar surface area (TPSA) is 90.3 Å². The van der Waals surface area contributed by atoms with E-state index in [9.17, 15) is 4.79 Å². The molecule has 0 saturated carbocycles. The first-order valence-corrected chi connectivity index (χ1v) is 9.06. The van der Waals surface area contributed by atoms with Crippen LogP contribution in [0.2, 0.25) is 5.02 Å². The molecule has 1 aliphatic heterocycles. The second-order valence-corrected chi connectivity index (χ2v) is 6.56. The van der Waals surface area contributed by atoms with E-state index in [-0.39, 0.29) is 12.1 Å². The number of benzene rings is 1. The van der Waals surface area contributed by atoms with Gasteiger partial charge >= 0.3 is 6.03 Å². The normalized spacial score (nSPS) is 15.3. The maximum absolute atomic E-state index is 12.4. The molecule has 2 aromatic heterocycles. The van der Waals surface area contributed by atoms with Gasteiger partial charge in [-0.1, -0.05) is 23.7 Å². The fraction of sp³-hybridized carbons (Fsp3) is 0.211. The standard InChI is InChI=1S/C19H18ClN5O3/c1-27-17-11-12(5-8-21-17)25-9-6-16(24-25)23-19(26)22-15-7-10-28-18-13(15)3-2-4-14(18)20/h2-6,8-9,11,15H,7,10H2,1H3,(H2,22,23,24,26)/t15-/m0/s1. The summed E-state index contributed by atoms with van der Waals surface area (Å²) in [7, 11) is 1.55. The highest BCUT2D eigenvalue weighted by molar-refractivity contribution is 6.32. The summed E-state index contributed by atoms with van der Waals surface area (Å²) in [6.45, 7) is 0.486. The first-order valence-electron chi connectivity index (χ1n) is 8.69. The van der Waals surface area contributed by atoms with Gasteiger partial charge in [-0.3, -0.25) is 5.32 Å². The number of hydrogen-bond acceptors (Lipinski definition) is 5. The van der Waals surface area contributed by atoms with Gasteiger partial charge in [-0.2, -0.15) is 0 Å². The number of anilines is 1. The Bertz CT molecular complexity index is 1010. The van der Waals surface area contributed by atoms with E-state index in [0.29, 0.717) is 35.5 Å². The second-order valence-electron chi connectivity index (χ2n) is 6.15. The summed E-state index contributed by atoms with van der Waals surface area (Å²) in [5.74, 6) is 1.53. The molecule has 1 aliphatic rings. The summed E-state index contributed by atoms with van der Waals surface area (Å²) in [6.07, 6.45) is 4.03. The lowest BCUT2D eigenvalue weighted by Crippen LogP contribution is -2.35. The van der Waals surface area contributed by atoms with E-state index in [1.165, 1.54) is 0 Å². The molecule has 9 heteroatoms. The monoisotopic (exact) mass is 399 g/mol. The molecular weight excluding hydrogens is 382 g/mol. The van der Waals surface area contributed by atoms with Crippen LogP contribution < -0.4 is 20.1 Å². The maximum Gasteiger partial charge on any atom is 0.320 e. The van der Waals surface area contributed by atoms with Crippen LogP contribution in [0, 0.1) is 0 Å². The van der Waals surface area contributed by atoms with Crippen molar-refractivity contribution in [2.24, 2.45) is 0 Å². The molecule has 28 heavy (non-hydrogen) atoms. The van der Waals surface area contributed by atoms with Crippen molar-refractivity contribution in [2.75, 3.05) is 19.0 Å². The van der Waals surface area contributed by atoms with E-state index in [4.69, 9.17) is 21.1 Å². The highest BCUT2D eigenvalue weighted by atomic mass is 35.5. The van der Waals surface area contributed by atoms with E-state index in [2.05, 4.69) is 20.7 Å². The number of nitrogens with one attached hydrogen (secondary N) is 2. The molecule has 0 fully saturated rings. The van der Waals surface area contributed by atoms with Crippen molar-refractivity contribution in [1.82, 2.24) is 20.1 Å². The third kappa shape index (κ3) is 3.72. The molecular formula is C19H18ClN5O3. The first-order chi connectivity index (χ1) is 13.6. The molecule has 1 atom stereocenters. The van der Waals surface area contributed by atoms with E-state index in [0.717, 1.165) is 11.3 Å². The Hall–Kier alpha value is -3.26. The van der Waals surface area contributed by atoms with Crippen molar-refractivity contribution in [3.63, 3.8) is 0 Å². The summed E-state index contributed by atoms with van der Waals surface area (Å²) in [5, 5.41) is 10.6. The summed E-state index contributed by atoms with van der Waals surface area (Å²) in [5.41, 5.74) is 1.64. The molecule has 0 spiro atoms. The predicted octanol–water partition coefficient (Wildman–Crippen LogP) is 3.57. The molecule has 4 rings (SSSR count). The van der Waals surface area contributed by atoms with Crippen LogP contribution in [0.25, 0.3) is 5.69 Å². The zero-order chi connectivity index (χ0) is 19.5. The molecule has 8 nitrogen and oxygen atoms in total. The molecule has 2 amide bonds. The van der Waals surface area contributed by atoms with Crippen molar-refractivity contribution in [3.8, 4) is 17.3 Å².